The highest BCUT2D eigenvalue weighted by Crippen LogP contribution is 2.17. The lowest BCUT2D eigenvalue weighted by molar-refractivity contribution is 0.261. The third kappa shape index (κ3) is 4.64. The Balaban J connectivity index is 2.48. The Morgan fingerprint density at radius 1 is 1.31 bits per heavy atom. The zero-order valence-corrected chi connectivity index (χ0v) is 11.6. The number of hydrogen-bond acceptors (Lipinski definition) is 2. The van der Waals surface area contributed by atoms with Crippen LogP contribution in [0.15, 0.2) is 22.7 Å². The van der Waals surface area contributed by atoms with E-state index in [0.29, 0.717) is 6.61 Å². The zero-order valence-electron chi connectivity index (χ0n) is 10.0. The molecule has 0 atom stereocenters. The number of aryl methyl sites for hydroxylation is 1. The summed E-state index contributed by atoms with van der Waals surface area (Å²) < 4.78 is 1.14. The van der Waals surface area contributed by atoms with Crippen LogP contribution < -0.4 is 0 Å². The highest BCUT2D eigenvalue weighted by molar-refractivity contribution is 9.10. The molecule has 90 valence electrons. The SMILES string of the molecule is Cc1ccc(Br)cc1CN(C)CCCCO. The summed E-state index contributed by atoms with van der Waals surface area (Å²) in [5.41, 5.74) is 2.69. The lowest BCUT2D eigenvalue weighted by Crippen LogP contribution is -2.19. The van der Waals surface area contributed by atoms with Crippen LogP contribution in [0.5, 0.6) is 0 Å². The number of benzene rings is 1. The van der Waals surface area contributed by atoms with Crippen LogP contribution in [0.3, 0.4) is 0 Å². The second-order valence-corrected chi connectivity index (χ2v) is 5.15. The van der Waals surface area contributed by atoms with Gasteiger partial charge in [0.25, 0.3) is 0 Å². The van der Waals surface area contributed by atoms with Crippen LogP contribution >= 0.6 is 15.9 Å². The molecule has 0 aliphatic heterocycles. The molecule has 0 amide bonds. The molecule has 1 N–H and O–H groups in total. The Morgan fingerprint density at radius 3 is 2.75 bits per heavy atom. The molecule has 0 spiro atoms. The Labute approximate surface area is 106 Å². The zero-order chi connectivity index (χ0) is 12.0. The van der Waals surface area contributed by atoms with Crippen molar-refractivity contribution in [1.29, 1.82) is 0 Å². The maximum absolute atomic E-state index is 8.72. The van der Waals surface area contributed by atoms with E-state index in [0.717, 1.165) is 30.4 Å². The molecule has 3 heteroatoms. The lowest BCUT2D eigenvalue weighted by Gasteiger charge is -2.18. The molecule has 0 saturated heterocycles. The molecule has 0 radical (unpaired) electrons. The molecule has 0 heterocycles. The summed E-state index contributed by atoms with van der Waals surface area (Å²) in [5.74, 6) is 0. The van der Waals surface area contributed by atoms with Crippen LogP contribution in [-0.2, 0) is 6.54 Å². The number of aliphatic hydroxyl groups is 1. The van der Waals surface area contributed by atoms with Gasteiger partial charge < -0.3 is 10.0 Å². The minimum absolute atomic E-state index is 0.295. The van der Waals surface area contributed by atoms with E-state index in [1.54, 1.807) is 0 Å². The first kappa shape index (κ1) is 13.7. The predicted molar refractivity (Wildman–Crippen MR) is 71.5 cm³/mol. The minimum Gasteiger partial charge on any atom is -0.396 e. The molecule has 0 saturated carbocycles. The van der Waals surface area contributed by atoms with Crippen molar-refractivity contribution in [2.45, 2.75) is 26.3 Å². The first-order valence-electron chi connectivity index (χ1n) is 5.68. The standard InChI is InChI=1S/C13H20BrNO/c1-11-5-6-13(14)9-12(11)10-15(2)7-3-4-8-16/h5-6,9,16H,3-4,7-8,10H2,1-2H3. The Morgan fingerprint density at radius 2 is 2.06 bits per heavy atom. The van der Waals surface area contributed by atoms with Crippen molar-refractivity contribution in [3.05, 3.63) is 33.8 Å². The van der Waals surface area contributed by atoms with Crippen molar-refractivity contribution in [2.24, 2.45) is 0 Å². The molecule has 1 rings (SSSR count). The quantitative estimate of drug-likeness (QED) is 0.813. The highest BCUT2D eigenvalue weighted by Gasteiger charge is 2.03. The van der Waals surface area contributed by atoms with E-state index in [4.69, 9.17) is 5.11 Å². The van der Waals surface area contributed by atoms with E-state index < -0.39 is 0 Å². The minimum atomic E-state index is 0.295. The maximum Gasteiger partial charge on any atom is 0.0431 e. The Kier molecular flexibility index (Phi) is 6.03. The predicted octanol–water partition coefficient (Wildman–Crippen LogP) is 2.96. The number of unbranched alkanes of at least 4 members (excludes halogenated alkanes) is 1. The van der Waals surface area contributed by atoms with E-state index >= 15 is 0 Å². The molecule has 0 unspecified atom stereocenters. The van der Waals surface area contributed by atoms with Gasteiger partial charge in [-0.25, -0.2) is 0 Å². The molecular formula is C13H20BrNO. The van der Waals surface area contributed by atoms with Gasteiger partial charge >= 0.3 is 0 Å². The third-order valence-electron chi connectivity index (χ3n) is 2.70. The summed E-state index contributed by atoms with van der Waals surface area (Å²) in [5, 5.41) is 8.72. The molecule has 1 aromatic carbocycles. The fourth-order valence-corrected chi connectivity index (χ4v) is 2.08. The largest absolute Gasteiger partial charge is 0.396 e. The topological polar surface area (TPSA) is 23.5 Å². The van der Waals surface area contributed by atoms with Crippen molar-refractivity contribution in [2.75, 3.05) is 20.2 Å². The van der Waals surface area contributed by atoms with E-state index in [1.165, 1.54) is 11.1 Å². The number of rotatable bonds is 6. The van der Waals surface area contributed by atoms with Crippen LogP contribution in [0.1, 0.15) is 24.0 Å². The van der Waals surface area contributed by atoms with Gasteiger partial charge in [-0.05, 0) is 56.6 Å². The number of halogens is 1. The van der Waals surface area contributed by atoms with Crippen molar-refractivity contribution in [1.82, 2.24) is 4.90 Å². The van der Waals surface area contributed by atoms with Crippen molar-refractivity contribution in [3.8, 4) is 0 Å². The lowest BCUT2D eigenvalue weighted by atomic mass is 10.1. The van der Waals surface area contributed by atoms with E-state index in [1.807, 2.05) is 0 Å². The summed E-state index contributed by atoms with van der Waals surface area (Å²) in [6, 6.07) is 6.39. The van der Waals surface area contributed by atoms with Crippen molar-refractivity contribution >= 4 is 15.9 Å². The molecule has 16 heavy (non-hydrogen) atoms. The monoisotopic (exact) mass is 285 g/mol. The van der Waals surface area contributed by atoms with Crippen molar-refractivity contribution < 1.29 is 5.11 Å². The van der Waals surface area contributed by atoms with Gasteiger partial charge in [-0.15, -0.1) is 0 Å². The molecule has 1 aromatic rings. The summed E-state index contributed by atoms with van der Waals surface area (Å²) in [6.45, 7) is 4.44. The summed E-state index contributed by atoms with van der Waals surface area (Å²) in [7, 11) is 2.12. The van der Waals surface area contributed by atoms with Gasteiger partial charge in [0.1, 0.15) is 0 Å². The number of aliphatic hydroxyl groups excluding tert-OH is 1. The second kappa shape index (κ2) is 7.05. The van der Waals surface area contributed by atoms with Crippen LogP contribution in [0.25, 0.3) is 0 Å². The Bertz CT molecular complexity index is 328. The maximum atomic E-state index is 8.72. The summed E-state index contributed by atoms with van der Waals surface area (Å²) in [6.07, 6.45) is 1.95. The third-order valence-corrected chi connectivity index (χ3v) is 3.19. The molecule has 0 aliphatic carbocycles. The molecule has 0 bridgehead atoms. The fourth-order valence-electron chi connectivity index (χ4n) is 1.67. The molecule has 0 fully saturated rings. The summed E-state index contributed by atoms with van der Waals surface area (Å²) >= 11 is 3.50. The average molecular weight is 286 g/mol. The van der Waals surface area contributed by atoms with Gasteiger partial charge in [-0.3, -0.25) is 0 Å². The molecule has 0 aliphatic rings. The smallest absolute Gasteiger partial charge is 0.0431 e. The van der Waals surface area contributed by atoms with Crippen LogP contribution in [-0.4, -0.2) is 30.2 Å². The number of nitrogens with zero attached hydrogens (tertiary/aromatic N) is 1. The van der Waals surface area contributed by atoms with Crippen LogP contribution in [0.4, 0.5) is 0 Å². The normalized spacial score (nSPS) is 11.1. The van der Waals surface area contributed by atoms with Crippen LogP contribution in [0, 0.1) is 6.92 Å². The fraction of sp³-hybridized carbons (Fsp3) is 0.538. The van der Waals surface area contributed by atoms with E-state index in [9.17, 15) is 0 Å². The van der Waals surface area contributed by atoms with Crippen molar-refractivity contribution in [3.63, 3.8) is 0 Å². The second-order valence-electron chi connectivity index (χ2n) is 4.24. The van der Waals surface area contributed by atoms with Gasteiger partial charge in [0.15, 0.2) is 0 Å². The number of hydrogen-bond donors (Lipinski definition) is 1. The molecular weight excluding hydrogens is 266 g/mol. The van der Waals surface area contributed by atoms with Gasteiger partial charge in [0.2, 0.25) is 0 Å². The van der Waals surface area contributed by atoms with E-state index in [2.05, 4.69) is 53.0 Å². The molecule has 0 aromatic heterocycles. The van der Waals surface area contributed by atoms with Crippen LogP contribution in [0.2, 0.25) is 0 Å². The summed E-state index contributed by atoms with van der Waals surface area (Å²) in [4.78, 5) is 2.30. The highest BCUT2D eigenvalue weighted by atomic mass is 79.9. The van der Waals surface area contributed by atoms with E-state index in [-0.39, 0.29) is 0 Å². The van der Waals surface area contributed by atoms with Gasteiger partial charge in [-0.1, -0.05) is 22.0 Å². The van der Waals surface area contributed by atoms with Gasteiger partial charge in [0, 0.05) is 17.6 Å². The Hall–Kier alpha value is -0.380. The van der Waals surface area contributed by atoms with Gasteiger partial charge in [0.05, 0.1) is 0 Å². The van der Waals surface area contributed by atoms with Gasteiger partial charge in [-0.2, -0.15) is 0 Å². The average Bonchev–Trinajstić information content (AvgIpc) is 2.24. The molecule has 2 nitrogen and oxygen atoms in total. The first-order valence-corrected chi connectivity index (χ1v) is 6.47. The first-order chi connectivity index (χ1) is 7.63.